The fraction of sp³-hybridized carbons (Fsp3) is 0.417. The number of carbonyl (C=O) groups is 1. The zero-order chi connectivity index (χ0) is 11.8. The van der Waals surface area contributed by atoms with Crippen LogP contribution >= 0.6 is 0 Å². The van der Waals surface area contributed by atoms with E-state index in [2.05, 4.69) is 5.32 Å². The van der Waals surface area contributed by atoms with Gasteiger partial charge in [-0.25, -0.2) is 4.79 Å². The maximum absolute atomic E-state index is 11.4. The van der Waals surface area contributed by atoms with E-state index in [0.29, 0.717) is 12.1 Å². The molecule has 0 saturated carbocycles. The number of para-hydroxylation sites is 1. The highest BCUT2D eigenvalue weighted by molar-refractivity contribution is 5.95. The number of methoxy groups -OCH3 is 1. The Hall–Kier alpha value is -1.55. The standard InChI is InChI=1S/C12H18N2O2/c1-16-12(15)10-6-2-3-7-11(10)14-9-5-4-8-13/h2-3,6-7,14H,4-5,8-9,13H2,1H3. The van der Waals surface area contributed by atoms with Crippen molar-refractivity contribution < 1.29 is 9.53 Å². The molecular weight excluding hydrogens is 204 g/mol. The van der Waals surface area contributed by atoms with Crippen LogP contribution in [0.2, 0.25) is 0 Å². The van der Waals surface area contributed by atoms with Crippen LogP contribution in [-0.2, 0) is 4.74 Å². The number of nitrogens with one attached hydrogen (secondary N) is 1. The molecule has 0 aliphatic carbocycles. The molecule has 3 N–H and O–H groups in total. The summed E-state index contributed by atoms with van der Waals surface area (Å²) in [7, 11) is 1.38. The van der Waals surface area contributed by atoms with Gasteiger partial charge in [0.15, 0.2) is 0 Å². The lowest BCUT2D eigenvalue weighted by molar-refractivity contribution is 0.0602. The van der Waals surface area contributed by atoms with Crippen molar-refractivity contribution in [1.29, 1.82) is 0 Å². The van der Waals surface area contributed by atoms with Gasteiger partial charge in [-0.3, -0.25) is 0 Å². The Labute approximate surface area is 95.8 Å². The number of unbranched alkanes of at least 4 members (excludes halogenated alkanes) is 1. The van der Waals surface area contributed by atoms with E-state index in [1.165, 1.54) is 7.11 Å². The zero-order valence-corrected chi connectivity index (χ0v) is 9.53. The highest BCUT2D eigenvalue weighted by atomic mass is 16.5. The Morgan fingerprint density at radius 1 is 1.38 bits per heavy atom. The molecule has 0 aromatic heterocycles. The van der Waals surface area contributed by atoms with Gasteiger partial charge in [-0.15, -0.1) is 0 Å². The number of carbonyl (C=O) groups excluding carboxylic acids is 1. The predicted octanol–water partition coefficient (Wildman–Crippen LogP) is 1.62. The quantitative estimate of drug-likeness (QED) is 0.567. The van der Waals surface area contributed by atoms with Crippen molar-refractivity contribution in [1.82, 2.24) is 0 Å². The number of rotatable bonds is 6. The van der Waals surface area contributed by atoms with E-state index in [1.807, 2.05) is 18.2 Å². The third kappa shape index (κ3) is 3.55. The number of hydrogen-bond acceptors (Lipinski definition) is 4. The Morgan fingerprint density at radius 3 is 2.81 bits per heavy atom. The van der Waals surface area contributed by atoms with E-state index in [4.69, 9.17) is 10.5 Å². The molecule has 0 bridgehead atoms. The average Bonchev–Trinajstić information content (AvgIpc) is 2.34. The summed E-state index contributed by atoms with van der Waals surface area (Å²) in [6, 6.07) is 7.32. The van der Waals surface area contributed by atoms with Crippen LogP contribution in [0, 0.1) is 0 Å². The second-order valence-electron chi connectivity index (χ2n) is 3.46. The molecule has 0 fully saturated rings. The zero-order valence-electron chi connectivity index (χ0n) is 9.53. The fourth-order valence-electron chi connectivity index (χ4n) is 1.42. The highest BCUT2D eigenvalue weighted by Crippen LogP contribution is 2.15. The highest BCUT2D eigenvalue weighted by Gasteiger charge is 2.09. The minimum Gasteiger partial charge on any atom is -0.465 e. The van der Waals surface area contributed by atoms with Crippen molar-refractivity contribution in [2.75, 3.05) is 25.5 Å². The van der Waals surface area contributed by atoms with Crippen LogP contribution < -0.4 is 11.1 Å². The average molecular weight is 222 g/mol. The van der Waals surface area contributed by atoms with Crippen LogP contribution in [0.5, 0.6) is 0 Å². The van der Waals surface area contributed by atoms with Crippen LogP contribution in [0.1, 0.15) is 23.2 Å². The van der Waals surface area contributed by atoms with Crippen molar-refractivity contribution in [3.8, 4) is 0 Å². The van der Waals surface area contributed by atoms with Crippen molar-refractivity contribution in [2.24, 2.45) is 5.73 Å². The largest absolute Gasteiger partial charge is 0.465 e. The molecule has 0 aliphatic rings. The molecule has 1 aromatic rings. The second-order valence-corrected chi connectivity index (χ2v) is 3.46. The van der Waals surface area contributed by atoms with E-state index < -0.39 is 0 Å². The van der Waals surface area contributed by atoms with Crippen LogP contribution in [0.25, 0.3) is 0 Å². The first kappa shape index (κ1) is 12.5. The van der Waals surface area contributed by atoms with E-state index in [1.54, 1.807) is 6.07 Å². The van der Waals surface area contributed by atoms with Crippen LogP contribution in [-0.4, -0.2) is 26.2 Å². The number of nitrogens with two attached hydrogens (primary N) is 1. The Morgan fingerprint density at radius 2 is 2.12 bits per heavy atom. The summed E-state index contributed by atoms with van der Waals surface area (Å²) in [4.78, 5) is 11.4. The summed E-state index contributed by atoms with van der Waals surface area (Å²) >= 11 is 0. The molecule has 0 aliphatic heterocycles. The van der Waals surface area contributed by atoms with Gasteiger partial charge in [0, 0.05) is 12.2 Å². The third-order valence-electron chi connectivity index (χ3n) is 2.28. The summed E-state index contributed by atoms with van der Waals surface area (Å²) < 4.78 is 4.71. The molecule has 1 rings (SSSR count). The van der Waals surface area contributed by atoms with Gasteiger partial charge in [0.2, 0.25) is 0 Å². The van der Waals surface area contributed by atoms with Gasteiger partial charge in [0.25, 0.3) is 0 Å². The topological polar surface area (TPSA) is 64.3 Å². The number of benzene rings is 1. The molecule has 0 heterocycles. The van der Waals surface area contributed by atoms with Gasteiger partial charge in [0.1, 0.15) is 0 Å². The van der Waals surface area contributed by atoms with Gasteiger partial charge >= 0.3 is 5.97 Å². The minimum absolute atomic E-state index is 0.318. The summed E-state index contributed by atoms with van der Waals surface area (Å²) in [5.74, 6) is -0.318. The van der Waals surface area contributed by atoms with Crippen molar-refractivity contribution in [3.05, 3.63) is 29.8 Å². The molecule has 0 atom stereocenters. The molecule has 0 radical (unpaired) electrons. The van der Waals surface area contributed by atoms with E-state index in [0.717, 1.165) is 25.1 Å². The van der Waals surface area contributed by atoms with Gasteiger partial charge < -0.3 is 15.8 Å². The maximum atomic E-state index is 11.4. The molecular formula is C12H18N2O2. The summed E-state index contributed by atoms with van der Waals surface area (Å²) in [5, 5.41) is 3.21. The predicted molar refractivity (Wildman–Crippen MR) is 64.6 cm³/mol. The van der Waals surface area contributed by atoms with Gasteiger partial charge in [-0.1, -0.05) is 12.1 Å². The number of esters is 1. The first-order valence-electron chi connectivity index (χ1n) is 5.41. The second kappa shape index (κ2) is 6.85. The van der Waals surface area contributed by atoms with E-state index in [9.17, 15) is 4.79 Å². The molecule has 0 spiro atoms. The SMILES string of the molecule is COC(=O)c1ccccc1NCCCCN. The van der Waals surface area contributed by atoms with Crippen molar-refractivity contribution >= 4 is 11.7 Å². The molecule has 4 nitrogen and oxygen atoms in total. The molecule has 0 amide bonds. The van der Waals surface area contributed by atoms with Gasteiger partial charge in [-0.05, 0) is 31.5 Å². The number of anilines is 1. The Bertz CT molecular complexity index is 340. The lowest BCUT2D eigenvalue weighted by atomic mass is 10.1. The summed E-state index contributed by atoms with van der Waals surface area (Å²) in [6.45, 7) is 1.51. The van der Waals surface area contributed by atoms with Gasteiger partial charge in [-0.2, -0.15) is 0 Å². The third-order valence-corrected chi connectivity index (χ3v) is 2.28. The lowest BCUT2D eigenvalue weighted by Gasteiger charge is -2.09. The van der Waals surface area contributed by atoms with E-state index >= 15 is 0 Å². The minimum atomic E-state index is -0.318. The first-order chi connectivity index (χ1) is 7.79. The number of ether oxygens (including phenoxy) is 1. The van der Waals surface area contributed by atoms with Gasteiger partial charge in [0.05, 0.1) is 12.7 Å². The Kier molecular flexibility index (Phi) is 5.36. The normalized spacial score (nSPS) is 9.88. The number of hydrogen-bond donors (Lipinski definition) is 2. The summed E-state index contributed by atoms with van der Waals surface area (Å²) in [6.07, 6.45) is 1.97. The van der Waals surface area contributed by atoms with Crippen LogP contribution in [0.4, 0.5) is 5.69 Å². The lowest BCUT2D eigenvalue weighted by Crippen LogP contribution is -2.10. The molecule has 0 unspecified atom stereocenters. The van der Waals surface area contributed by atoms with E-state index in [-0.39, 0.29) is 5.97 Å². The monoisotopic (exact) mass is 222 g/mol. The molecule has 16 heavy (non-hydrogen) atoms. The first-order valence-corrected chi connectivity index (χ1v) is 5.41. The molecule has 4 heteroatoms. The molecule has 88 valence electrons. The fourth-order valence-corrected chi connectivity index (χ4v) is 1.42. The van der Waals surface area contributed by atoms with Crippen LogP contribution in [0.15, 0.2) is 24.3 Å². The Balaban J connectivity index is 2.60. The smallest absolute Gasteiger partial charge is 0.339 e. The van der Waals surface area contributed by atoms with Crippen molar-refractivity contribution in [3.63, 3.8) is 0 Å². The van der Waals surface area contributed by atoms with Crippen LogP contribution in [0.3, 0.4) is 0 Å². The van der Waals surface area contributed by atoms with Crippen molar-refractivity contribution in [2.45, 2.75) is 12.8 Å². The summed E-state index contributed by atoms with van der Waals surface area (Å²) in [5.41, 5.74) is 6.78. The molecule has 0 saturated heterocycles. The maximum Gasteiger partial charge on any atom is 0.339 e. The molecule has 1 aromatic carbocycles.